The zero-order chi connectivity index (χ0) is 23.9. The van der Waals surface area contributed by atoms with E-state index in [1.54, 1.807) is 0 Å². The Balaban J connectivity index is 1.25. The van der Waals surface area contributed by atoms with Crippen LogP contribution in [0.2, 0.25) is 0 Å². The maximum Gasteiger partial charge on any atom is 0.413 e. The number of nitrogens with one attached hydrogen (secondary N) is 2. The number of fused-ring (bicyclic) bond motifs is 3. The van der Waals surface area contributed by atoms with Gasteiger partial charge in [-0.2, -0.15) is 0 Å². The average Bonchev–Trinajstić information content (AvgIpc) is 3.42. The summed E-state index contributed by atoms with van der Waals surface area (Å²) in [5, 5.41) is 14.0. The largest absolute Gasteiger partial charge is 0.481 e. The number of hydrogen-bond acceptors (Lipinski definition) is 7. The number of nitrogens with zero attached hydrogens (tertiary/aromatic N) is 1. The highest BCUT2D eigenvalue weighted by Gasteiger charge is 2.29. The molecule has 4 rings (SSSR count). The van der Waals surface area contributed by atoms with Crippen LogP contribution >= 0.6 is 11.3 Å². The second-order valence-electron chi connectivity index (χ2n) is 7.49. The highest BCUT2D eigenvalue weighted by Crippen LogP contribution is 2.44. The summed E-state index contributed by atoms with van der Waals surface area (Å²) < 4.78 is 10.6. The number of thiazole rings is 1. The molecule has 0 fully saturated rings. The number of rotatable bonds is 10. The molecule has 9 nitrogen and oxygen atoms in total. The second-order valence-corrected chi connectivity index (χ2v) is 8.52. The first kappa shape index (κ1) is 23.4. The van der Waals surface area contributed by atoms with E-state index in [1.165, 1.54) is 6.20 Å². The van der Waals surface area contributed by atoms with Crippen LogP contribution in [0, 0.1) is 0 Å². The Hall–Kier alpha value is -3.76. The van der Waals surface area contributed by atoms with Crippen molar-refractivity contribution in [2.24, 2.45) is 0 Å². The van der Waals surface area contributed by atoms with Crippen molar-refractivity contribution in [3.05, 3.63) is 70.7 Å². The molecule has 10 heteroatoms. The molecule has 0 bridgehead atoms. The molecule has 1 aromatic heterocycles. The van der Waals surface area contributed by atoms with E-state index in [9.17, 15) is 14.4 Å². The van der Waals surface area contributed by atoms with Crippen LogP contribution < -0.4 is 10.6 Å². The summed E-state index contributed by atoms with van der Waals surface area (Å²) in [4.78, 5) is 39.3. The van der Waals surface area contributed by atoms with Crippen LogP contribution in [0.1, 0.15) is 33.1 Å². The first-order valence-corrected chi connectivity index (χ1v) is 11.5. The van der Waals surface area contributed by atoms with Crippen molar-refractivity contribution >= 4 is 34.4 Å². The van der Waals surface area contributed by atoms with Gasteiger partial charge in [0, 0.05) is 12.5 Å². The van der Waals surface area contributed by atoms with E-state index in [0.717, 1.165) is 33.6 Å². The van der Waals surface area contributed by atoms with Gasteiger partial charge in [-0.15, -0.1) is 0 Å². The quantitative estimate of drug-likeness (QED) is 0.377. The zero-order valence-corrected chi connectivity index (χ0v) is 19.0. The number of carbonyl (C=O) groups excluding carboxylic acids is 2. The lowest BCUT2D eigenvalue weighted by atomic mass is 9.98. The lowest BCUT2D eigenvalue weighted by molar-refractivity contribution is -0.138. The van der Waals surface area contributed by atoms with Gasteiger partial charge < -0.3 is 19.9 Å². The summed E-state index contributed by atoms with van der Waals surface area (Å²) in [6, 6.07) is 16.2. The van der Waals surface area contributed by atoms with Crippen molar-refractivity contribution in [3.8, 4) is 11.1 Å². The molecule has 0 saturated heterocycles. The number of aromatic nitrogens is 1. The fraction of sp³-hybridized carbons (Fsp3) is 0.250. The summed E-state index contributed by atoms with van der Waals surface area (Å²) in [6.07, 6.45) is 0.632. The number of hydrogen-bond donors (Lipinski definition) is 3. The molecule has 0 unspecified atom stereocenters. The Labute approximate surface area is 199 Å². The molecule has 0 atom stereocenters. The van der Waals surface area contributed by atoms with Crippen molar-refractivity contribution in [2.75, 3.05) is 31.7 Å². The highest BCUT2D eigenvalue weighted by atomic mass is 32.1. The number of anilines is 1. The maximum absolute atomic E-state index is 12.4. The van der Waals surface area contributed by atoms with Gasteiger partial charge in [0.05, 0.1) is 25.8 Å². The topological polar surface area (TPSA) is 127 Å². The van der Waals surface area contributed by atoms with Gasteiger partial charge in [0.2, 0.25) is 0 Å². The number of carboxylic acids is 1. The smallest absolute Gasteiger partial charge is 0.413 e. The van der Waals surface area contributed by atoms with E-state index in [4.69, 9.17) is 14.6 Å². The first-order valence-electron chi connectivity index (χ1n) is 10.7. The molecule has 1 aliphatic carbocycles. The Kier molecular flexibility index (Phi) is 7.51. The van der Waals surface area contributed by atoms with E-state index in [2.05, 4.69) is 27.8 Å². The molecule has 2 aromatic carbocycles. The van der Waals surface area contributed by atoms with Crippen LogP contribution in [0.25, 0.3) is 11.1 Å². The molecule has 3 aromatic rings. The van der Waals surface area contributed by atoms with Gasteiger partial charge in [-0.3, -0.25) is 14.9 Å². The summed E-state index contributed by atoms with van der Waals surface area (Å²) in [7, 11) is 0. The predicted molar refractivity (Wildman–Crippen MR) is 126 cm³/mol. The van der Waals surface area contributed by atoms with Crippen LogP contribution in [-0.2, 0) is 14.3 Å². The lowest BCUT2D eigenvalue weighted by Gasteiger charge is -2.14. The Bertz CT molecular complexity index is 1150. The molecule has 2 amide bonds. The third kappa shape index (κ3) is 5.59. The van der Waals surface area contributed by atoms with Gasteiger partial charge in [0.25, 0.3) is 5.91 Å². The Morgan fingerprint density at radius 1 is 1.00 bits per heavy atom. The van der Waals surface area contributed by atoms with E-state index < -0.39 is 12.1 Å². The maximum atomic E-state index is 12.4. The molecular weight excluding hydrogens is 458 g/mol. The van der Waals surface area contributed by atoms with Gasteiger partial charge in [0.15, 0.2) is 5.13 Å². The Morgan fingerprint density at radius 2 is 1.68 bits per heavy atom. The highest BCUT2D eigenvalue weighted by molar-refractivity contribution is 7.17. The van der Waals surface area contributed by atoms with Gasteiger partial charge in [-0.25, -0.2) is 9.78 Å². The van der Waals surface area contributed by atoms with E-state index in [0.29, 0.717) is 4.88 Å². The number of aliphatic carboxylic acids is 1. The van der Waals surface area contributed by atoms with Crippen molar-refractivity contribution in [2.45, 2.75) is 12.3 Å². The number of ether oxygens (including phenoxy) is 2. The van der Waals surface area contributed by atoms with Gasteiger partial charge in [-0.1, -0.05) is 59.9 Å². The molecule has 0 saturated carbocycles. The summed E-state index contributed by atoms with van der Waals surface area (Å²) in [6.45, 7) is 0.689. The zero-order valence-electron chi connectivity index (χ0n) is 18.2. The molecule has 176 valence electrons. The summed E-state index contributed by atoms with van der Waals surface area (Å²) in [5.74, 6) is -1.35. The standard InChI is InChI=1S/C24H23N3O6S/c28-21(29)9-11-32-12-10-25-22(30)20-13-26-23(34-20)27-24(31)33-14-19-17-7-3-1-5-15(17)16-6-2-4-8-18(16)19/h1-8,13,19H,9-12,14H2,(H,25,30)(H,28,29)(H,26,27,31). The minimum Gasteiger partial charge on any atom is -0.481 e. The molecule has 34 heavy (non-hydrogen) atoms. The molecular formula is C24H23N3O6S. The van der Waals surface area contributed by atoms with Gasteiger partial charge in [-0.05, 0) is 22.3 Å². The van der Waals surface area contributed by atoms with Crippen molar-refractivity contribution < 1.29 is 29.0 Å². The first-order chi connectivity index (χ1) is 16.5. The minimum absolute atomic E-state index is 0.0477. The van der Waals surface area contributed by atoms with E-state index in [1.807, 2.05) is 36.4 Å². The van der Waals surface area contributed by atoms with Crippen molar-refractivity contribution in [3.63, 3.8) is 0 Å². The van der Waals surface area contributed by atoms with Crippen LogP contribution in [0.15, 0.2) is 54.7 Å². The number of amides is 2. The SMILES string of the molecule is O=C(O)CCOCCNC(=O)c1cnc(NC(=O)OCC2c3ccccc3-c3ccccc32)s1. The minimum atomic E-state index is -0.940. The normalized spacial score (nSPS) is 12.0. The fourth-order valence-electron chi connectivity index (χ4n) is 3.74. The van der Waals surface area contributed by atoms with Crippen LogP contribution in [-0.4, -0.2) is 54.4 Å². The predicted octanol–water partition coefficient (Wildman–Crippen LogP) is 3.73. The summed E-state index contributed by atoms with van der Waals surface area (Å²) >= 11 is 1.02. The van der Waals surface area contributed by atoms with Crippen LogP contribution in [0.4, 0.5) is 9.93 Å². The fourth-order valence-corrected chi connectivity index (χ4v) is 4.46. The van der Waals surface area contributed by atoms with Gasteiger partial charge in [0.1, 0.15) is 11.5 Å². The monoisotopic (exact) mass is 481 g/mol. The second kappa shape index (κ2) is 10.9. The molecule has 1 heterocycles. The average molecular weight is 482 g/mol. The number of carbonyl (C=O) groups is 3. The molecule has 0 aliphatic heterocycles. The number of benzene rings is 2. The third-order valence-corrected chi connectivity index (χ3v) is 6.19. The van der Waals surface area contributed by atoms with Crippen LogP contribution in [0.3, 0.4) is 0 Å². The van der Waals surface area contributed by atoms with Crippen LogP contribution in [0.5, 0.6) is 0 Å². The van der Waals surface area contributed by atoms with Gasteiger partial charge >= 0.3 is 12.1 Å². The molecule has 1 aliphatic rings. The van der Waals surface area contributed by atoms with E-state index in [-0.39, 0.29) is 49.7 Å². The van der Waals surface area contributed by atoms with E-state index >= 15 is 0 Å². The molecule has 0 radical (unpaired) electrons. The van der Waals surface area contributed by atoms with Crippen molar-refractivity contribution in [1.29, 1.82) is 0 Å². The number of carboxylic acid groups (broad SMARTS) is 1. The molecule has 3 N–H and O–H groups in total. The summed E-state index contributed by atoms with van der Waals surface area (Å²) in [5.41, 5.74) is 4.54. The van der Waals surface area contributed by atoms with Crippen molar-refractivity contribution in [1.82, 2.24) is 10.3 Å². The lowest BCUT2D eigenvalue weighted by Crippen LogP contribution is -2.26. The third-order valence-electron chi connectivity index (χ3n) is 5.27. The Morgan fingerprint density at radius 3 is 2.35 bits per heavy atom. The molecule has 0 spiro atoms.